The lowest BCUT2D eigenvalue weighted by atomic mass is 10.1. The number of nitrogens with one attached hydrogen (secondary N) is 1. The fraction of sp³-hybridized carbons (Fsp3) is 0.250. The lowest BCUT2D eigenvalue weighted by Crippen LogP contribution is -2.31. The molecule has 8 heteroatoms. The number of fused-ring (bicyclic) bond motifs is 2. The normalized spacial score (nSPS) is 15.1. The molecule has 1 atom stereocenters. The van der Waals surface area contributed by atoms with Crippen LogP contribution in [0.15, 0.2) is 76.8 Å². The molecule has 0 saturated carbocycles. The highest BCUT2D eigenvalue weighted by atomic mass is 32.2. The van der Waals surface area contributed by atoms with E-state index in [2.05, 4.69) is 22.5 Å². The standard InChI is InChI=1S/C24H23N5O2S/c30-21(25-13-7-10-17-8-3-1-4-9-17)14-19-16-32-24-27-22-20(23(31)28(19)24)15-26-29(22)18-11-5-2-6-12-18/h1-6,8-9,11-12,15,19H,7,10,13-14,16H2,(H,25,30). The summed E-state index contributed by atoms with van der Waals surface area (Å²) in [5.74, 6) is 0.619. The Morgan fingerprint density at radius 2 is 1.84 bits per heavy atom. The molecule has 0 radical (unpaired) electrons. The van der Waals surface area contributed by atoms with Gasteiger partial charge in [-0.25, -0.2) is 9.67 Å². The molecule has 1 aliphatic heterocycles. The maximum atomic E-state index is 13.2. The predicted molar refractivity (Wildman–Crippen MR) is 125 cm³/mol. The van der Waals surface area contributed by atoms with Crippen molar-refractivity contribution >= 4 is 28.7 Å². The summed E-state index contributed by atoms with van der Waals surface area (Å²) >= 11 is 1.51. The maximum absolute atomic E-state index is 13.2. The molecule has 1 unspecified atom stereocenters. The molecule has 0 saturated heterocycles. The van der Waals surface area contributed by atoms with Crippen LogP contribution in [0.25, 0.3) is 16.7 Å². The van der Waals surface area contributed by atoms with Crippen molar-refractivity contribution < 1.29 is 4.79 Å². The van der Waals surface area contributed by atoms with Crippen LogP contribution in [0.2, 0.25) is 0 Å². The highest BCUT2D eigenvalue weighted by Gasteiger charge is 2.29. The predicted octanol–water partition coefficient (Wildman–Crippen LogP) is 3.37. The summed E-state index contributed by atoms with van der Waals surface area (Å²) in [6, 6.07) is 19.7. The highest BCUT2D eigenvalue weighted by molar-refractivity contribution is 7.99. The van der Waals surface area contributed by atoms with Crippen molar-refractivity contribution in [1.29, 1.82) is 0 Å². The van der Waals surface area contributed by atoms with E-state index < -0.39 is 0 Å². The van der Waals surface area contributed by atoms with Crippen molar-refractivity contribution in [2.45, 2.75) is 30.5 Å². The Labute approximate surface area is 189 Å². The van der Waals surface area contributed by atoms with E-state index in [9.17, 15) is 9.59 Å². The van der Waals surface area contributed by atoms with Crippen LogP contribution in [0.3, 0.4) is 0 Å². The Morgan fingerprint density at radius 3 is 2.62 bits per heavy atom. The van der Waals surface area contributed by atoms with Gasteiger partial charge in [0.25, 0.3) is 5.56 Å². The number of rotatable bonds is 7. The van der Waals surface area contributed by atoms with Crippen LogP contribution in [0.5, 0.6) is 0 Å². The summed E-state index contributed by atoms with van der Waals surface area (Å²) in [4.78, 5) is 30.4. The van der Waals surface area contributed by atoms with E-state index in [4.69, 9.17) is 4.98 Å². The molecule has 1 aliphatic rings. The van der Waals surface area contributed by atoms with Gasteiger partial charge in [-0.2, -0.15) is 5.10 Å². The van der Waals surface area contributed by atoms with Gasteiger partial charge in [0.05, 0.1) is 17.9 Å². The number of carbonyl (C=O) groups is 1. The SMILES string of the molecule is O=C(CC1CSc2nc3c(cnn3-c3ccccc3)c(=O)n21)NCCCc1ccccc1. The van der Waals surface area contributed by atoms with Crippen molar-refractivity contribution in [2.75, 3.05) is 12.3 Å². The third-order valence-electron chi connectivity index (χ3n) is 5.60. The molecular formula is C24H23N5O2S. The van der Waals surface area contributed by atoms with Gasteiger partial charge >= 0.3 is 0 Å². The van der Waals surface area contributed by atoms with E-state index in [1.807, 2.05) is 48.5 Å². The molecule has 1 amide bonds. The van der Waals surface area contributed by atoms with E-state index in [1.54, 1.807) is 15.4 Å². The molecule has 5 rings (SSSR count). The molecule has 32 heavy (non-hydrogen) atoms. The number of carbonyl (C=O) groups excluding carboxylic acids is 1. The van der Waals surface area contributed by atoms with Gasteiger partial charge in [0.1, 0.15) is 5.39 Å². The van der Waals surface area contributed by atoms with Gasteiger partial charge in [-0.15, -0.1) is 0 Å². The number of amides is 1. The van der Waals surface area contributed by atoms with Crippen LogP contribution in [-0.4, -0.2) is 37.5 Å². The van der Waals surface area contributed by atoms with Gasteiger partial charge < -0.3 is 5.32 Å². The van der Waals surface area contributed by atoms with Gasteiger partial charge in [0.2, 0.25) is 5.91 Å². The average molecular weight is 446 g/mol. The van der Waals surface area contributed by atoms with Crippen molar-refractivity contribution in [2.24, 2.45) is 0 Å². The second-order valence-electron chi connectivity index (χ2n) is 7.81. The molecular weight excluding hydrogens is 422 g/mol. The number of aromatic nitrogens is 4. The third-order valence-corrected chi connectivity index (χ3v) is 6.70. The minimum absolute atomic E-state index is 0.0384. The average Bonchev–Trinajstić information content (AvgIpc) is 3.43. The second kappa shape index (κ2) is 9.00. The third kappa shape index (κ3) is 4.05. The Kier molecular flexibility index (Phi) is 5.77. The molecule has 4 aromatic rings. The molecule has 3 heterocycles. The number of benzene rings is 2. The van der Waals surface area contributed by atoms with Gasteiger partial charge in [0, 0.05) is 18.7 Å². The topological polar surface area (TPSA) is 81.8 Å². The lowest BCUT2D eigenvalue weighted by molar-refractivity contribution is -0.121. The van der Waals surface area contributed by atoms with Crippen molar-refractivity contribution in [3.05, 3.63) is 82.8 Å². The number of nitrogens with zero attached hydrogens (tertiary/aromatic N) is 4. The molecule has 7 nitrogen and oxygen atoms in total. The number of thioether (sulfide) groups is 1. The van der Waals surface area contributed by atoms with Gasteiger partial charge in [0.15, 0.2) is 10.8 Å². The first-order chi connectivity index (χ1) is 15.7. The minimum atomic E-state index is -0.200. The van der Waals surface area contributed by atoms with Crippen LogP contribution in [0, 0.1) is 0 Å². The van der Waals surface area contributed by atoms with Crippen molar-refractivity contribution in [1.82, 2.24) is 24.6 Å². The maximum Gasteiger partial charge on any atom is 0.265 e. The Balaban J connectivity index is 1.27. The quantitative estimate of drug-likeness (QED) is 0.348. The van der Waals surface area contributed by atoms with Crippen molar-refractivity contribution in [3.63, 3.8) is 0 Å². The van der Waals surface area contributed by atoms with Gasteiger partial charge in [-0.05, 0) is 30.5 Å². The summed E-state index contributed by atoms with van der Waals surface area (Å²) in [7, 11) is 0. The summed E-state index contributed by atoms with van der Waals surface area (Å²) < 4.78 is 3.35. The monoisotopic (exact) mass is 445 g/mol. The Morgan fingerprint density at radius 1 is 1.09 bits per heavy atom. The van der Waals surface area contributed by atoms with E-state index in [1.165, 1.54) is 17.3 Å². The van der Waals surface area contributed by atoms with Gasteiger partial charge in [-0.3, -0.25) is 14.2 Å². The summed E-state index contributed by atoms with van der Waals surface area (Å²) in [6.07, 6.45) is 3.64. The van der Waals surface area contributed by atoms with Crippen LogP contribution < -0.4 is 10.9 Å². The number of hydrogen-bond acceptors (Lipinski definition) is 5. The second-order valence-corrected chi connectivity index (χ2v) is 8.79. The van der Waals surface area contributed by atoms with E-state index in [0.29, 0.717) is 28.5 Å². The molecule has 1 N–H and O–H groups in total. The van der Waals surface area contributed by atoms with Gasteiger partial charge in [-0.1, -0.05) is 60.3 Å². The molecule has 0 fully saturated rings. The summed E-state index contributed by atoms with van der Waals surface area (Å²) in [5, 5.41) is 8.48. The van der Waals surface area contributed by atoms with Crippen LogP contribution in [-0.2, 0) is 11.2 Å². The summed E-state index contributed by atoms with van der Waals surface area (Å²) in [5.41, 5.74) is 2.53. The zero-order valence-electron chi connectivity index (χ0n) is 17.5. The lowest BCUT2D eigenvalue weighted by Gasteiger charge is -2.13. The molecule has 162 valence electrons. The van der Waals surface area contributed by atoms with E-state index in [0.717, 1.165) is 18.5 Å². The largest absolute Gasteiger partial charge is 0.356 e. The van der Waals surface area contributed by atoms with Crippen LogP contribution in [0.1, 0.15) is 24.4 Å². The smallest absolute Gasteiger partial charge is 0.265 e. The molecule has 0 aliphatic carbocycles. The van der Waals surface area contributed by atoms with E-state index >= 15 is 0 Å². The zero-order chi connectivity index (χ0) is 21.9. The summed E-state index contributed by atoms with van der Waals surface area (Å²) in [6.45, 7) is 0.622. The highest BCUT2D eigenvalue weighted by Crippen LogP contribution is 2.33. The molecule has 0 spiro atoms. The molecule has 0 bridgehead atoms. The Hall–Kier alpha value is -3.39. The minimum Gasteiger partial charge on any atom is -0.356 e. The van der Waals surface area contributed by atoms with E-state index in [-0.39, 0.29) is 23.9 Å². The first kappa shape index (κ1) is 20.5. The molecule has 2 aromatic carbocycles. The fourth-order valence-corrected chi connectivity index (χ4v) is 5.12. The Bertz CT molecular complexity index is 1300. The van der Waals surface area contributed by atoms with Crippen molar-refractivity contribution in [3.8, 4) is 5.69 Å². The first-order valence-corrected chi connectivity index (χ1v) is 11.7. The number of para-hydroxylation sites is 1. The first-order valence-electron chi connectivity index (χ1n) is 10.7. The fourth-order valence-electron chi connectivity index (χ4n) is 3.99. The van der Waals surface area contributed by atoms with Crippen LogP contribution >= 0.6 is 11.8 Å². The van der Waals surface area contributed by atoms with Crippen LogP contribution in [0.4, 0.5) is 0 Å². The molecule has 2 aromatic heterocycles. The number of aryl methyl sites for hydroxylation is 1. The number of hydrogen-bond donors (Lipinski definition) is 1. The zero-order valence-corrected chi connectivity index (χ0v) is 18.3.